The van der Waals surface area contributed by atoms with Gasteiger partial charge in [0, 0.05) is 11.9 Å². The second-order valence-electron chi connectivity index (χ2n) is 8.14. The first kappa shape index (κ1) is 22.6. The van der Waals surface area contributed by atoms with Gasteiger partial charge in [0.2, 0.25) is 0 Å². The number of carbonyl (C=O) groups excluding carboxylic acids is 1. The van der Waals surface area contributed by atoms with E-state index in [9.17, 15) is 9.90 Å². The number of rotatable bonds is 8. The molecule has 7 nitrogen and oxygen atoms in total. The van der Waals surface area contributed by atoms with Crippen LogP contribution in [0.1, 0.15) is 36.2 Å². The third-order valence-corrected chi connectivity index (χ3v) is 5.70. The Kier molecular flexibility index (Phi) is 7.10. The van der Waals surface area contributed by atoms with Crippen molar-refractivity contribution in [2.24, 2.45) is 5.92 Å². The van der Waals surface area contributed by atoms with Gasteiger partial charge in [0.25, 0.3) is 5.91 Å². The Bertz CT molecular complexity index is 1080. The second-order valence-corrected chi connectivity index (χ2v) is 8.14. The Morgan fingerprint density at radius 2 is 2.03 bits per heavy atom. The van der Waals surface area contributed by atoms with Crippen molar-refractivity contribution in [1.29, 1.82) is 0 Å². The standard InChI is InChI=1S/C26H29N3O4/c1-3-18(2)17-33-21-10-8-20(9-11-21)28-26(31)22-5-4-6-23-25(22)32-14-13-29(23)24-12-7-19(16-30)15-27-24/h4-12,15,18,30H,3,13-14,16-17H2,1-2H3,(H,28,31). The van der Waals surface area contributed by atoms with Gasteiger partial charge in [0.05, 0.1) is 31.0 Å². The maximum atomic E-state index is 13.1. The molecule has 33 heavy (non-hydrogen) atoms. The van der Waals surface area contributed by atoms with Gasteiger partial charge in [-0.1, -0.05) is 32.4 Å². The van der Waals surface area contributed by atoms with Crippen LogP contribution in [0, 0.1) is 5.92 Å². The smallest absolute Gasteiger partial charge is 0.259 e. The first-order chi connectivity index (χ1) is 16.1. The van der Waals surface area contributed by atoms with Gasteiger partial charge in [-0.05, 0) is 53.9 Å². The summed E-state index contributed by atoms with van der Waals surface area (Å²) in [6, 6.07) is 16.6. The minimum atomic E-state index is -0.245. The Hall–Kier alpha value is -3.58. The summed E-state index contributed by atoms with van der Waals surface area (Å²) >= 11 is 0. The zero-order chi connectivity index (χ0) is 23.2. The van der Waals surface area contributed by atoms with Gasteiger partial charge in [-0.25, -0.2) is 4.98 Å². The number of benzene rings is 2. The van der Waals surface area contributed by atoms with Gasteiger partial charge in [0.1, 0.15) is 18.2 Å². The van der Waals surface area contributed by atoms with Gasteiger partial charge in [-0.3, -0.25) is 4.79 Å². The SMILES string of the molecule is CCC(C)COc1ccc(NC(=O)c2cccc3c2OCCN3c2ccc(CO)cn2)cc1. The first-order valence-corrected chi connectivity index (χ1v) is 11.2. The lowest BCUT2D eigenvalue weighted by molar-refractivity contribution is 0.102. The molecule has 1 amide bonds. The third kappa shape index (κ3) is 5.26. The monoisotopic (exact) mass is 447 g/mol. The van der Waals surface area contributed by atoms with Crippen LogP contribution in [0.3, 0.4) is 0 Å². The highest BCUT2D eigenvalue weighted by molar-refractivity contribution is 6.07. The highest BCUT2D eigenvalue weighted by atomic mass is 16.5. The number of para-hydroxylation sites is 1. The summed E-state index contributed by atoms with van der Waals surface area (Å²) in [5.74, 6) is 2.30. The van der Waals surface area contributed by atoms with E-state index in [0.717, 1.165) is 29.2 Å². The summed E-state index contributed by atoms with van der Waals surface area (Å²) in [6.07, 6.45) is 2.72. The highest BCUT2D eigenvalue weighted by Crippen LogP contribution is 2.38. The molecule has 1 aliphatic rings. The van der Waals surface area contributed by atoms with Crippen LogP contribution in [-0.2, 0) is 6.61 Å². The lowest BCUT2D eigenvalue weighted by Gasteiger charge is -2.31. The lowest BCUT2D eigenvalue weighted by atomic mass is 10.1. The van der Waals surface area contributed by atoms with E-state index in [1.54, 1.807) is 12.3 Å². The number of nitrogens with one attached hydrogen (secondary N) is 1. The number of hydrogen-bond donors (Lipinski definition) is 2. The topological polar surface area (TPSA) is 83.9 Å². The van der Waals surface area contributed by atoms with E-state index in [0.29, 0.717) is 42.7 Å². The minimum Gasteiger partial charge on any atom is -0.493 e. The van der Waals surface area contributed by atoms with Crippen molar-refractivity contribution in [3.8, 4) is 11.5 Å². The van der Waals surface area contributed by atoms with Crippen molar-refractivity contribution >= 4 is 23.1 Å². The maximum absolute atomic E-state index is 13.1. The molecule has 1 aliphatic heterocycles. The molecule has 2 aromatic carbocycles. The van der Waals surface area contributed by atoms with Crippen LogP contribution >= 0.6 is 0 Å². The van der Waals surface area contributed by atoms with Crippen LogP contribution in [0.5, 0.6) is 11.5 Å². The van der Waals surface area contributed by atoms with E-state index in [4.69, 9.17) is 9.47 Å². The minimum absolute atomic E-state index is 0.0533. The van der Waals surface area contributed by atoms with Crippen LogP contribution in [0.2, 0.25) is 0 Å². The quantitative estimate of drug-likeness (QED) is 0.517. The molecule has 0 spiro atoms. The molecule has 0 radical (unpaired) electrons. The fraction of sp³-hybridized carbons (Fsp3) is 0.308. The predicted octanol–water partition coefficient (Wildman–Crippen LogP) is 4.78. The summed E-state index contributed by atoms with van der Waals surface area (Å²) in [4.78, 5) is 19.5. The summed E-state index contributed by atoms with van der Waals surface area (Å²) in [5, 5.41) is 12.2. The summed E-state index contributed by atoms with van der Waals surface area (Å²) in [5.41, 5.74) is 2.67. The number of ether oxygens (including phenoxy) is 2. The molecule has 2 heterocycles. The largest absolute Gasteiger partial charge is 0.493 e. The number of hydrogen-bond acceptors (Lipinski definition) is 6. The van der Waals surface area contributed by atoms with Gasteiger partial charge in [0.15, 0.2) is 5.75 Å². The Morgan fingerprint density at radius 1 is 1.21 bits per heavy atom. The average molecular weight is 448 g/mol. The maximum Gasteiger partial charge on any atom is 0.259 e. The molecule has 7 heteroatoms. The first-order valence-electron chi connectivity index (χ1n) is 11.2. The van der Waals surface area contributed by atoms with Gasteiger partial charge in [-0.2, -0.15) is 0 Å². The highest BCUT2D eigenvalue weighted by Gasteiger charge is 2.25. The summed E-state index contributed by atoms with van der Waals surface area (Å²) in [7, 11) is 0. The molecular weight excluding hydrogens is 418 g/mol. The fourth-order valence-electron chi connectivity index (χ4n) is 3.52. The molecule has 0 aliphatic carbocycles. The zero-order valence-corrected chi connectivity index (χ0v) is 19.0. The molecule has 1 unspecified atom stereocenters. The summed E-state index contributed by atoms with van der Waals surface area (Å²) < 4.78 is 11.7. The number of fused-ring (bicyclic) bond motifs is 1. The van der Waals surface area contributed by atoms with Crippen molar-refractivity contribution in [2.45, 2.75) is 26.9 Å². The molecule has 0 fully saturated rings. The predicted molar refractivity (Wildman–Crippen MR) is 128 cm³/mol. The molecule has 0 saturated carbocycles. The van der Waals surface area contributed by atoms with Crippen LogP contribution in [0.15, 0.2) is 60.8 Å². The number of carbonyl (C=O) groups is 1. The molecule has 0 saturated heterocycles. The normalized spacial score (nSPS) is 13.6. The number of nitrogens with zero attached hydrogens (tertiary/aromatic N) is 2. The Labute approximate surface area is 194 Å². The third-order valence-electron chi connectivity index (χ3n) is 5.70. The number of amides is 1. The Morgan fingerprint density at radius 3 is 2.73 bits per heavy atom. The summed E-state index contributed by atoms with van der Waals surface area (Å²) in [6.45, 7) is 5.95. The molecule has 2 N–H and O–H groups in total. The van der Waals surface area contributed by atoms with Gasteiger partial charge >= 0.3 is 0 Å². The van der Waals surface area contributed by atoms with Crippen molar-refractivity contribution in [3.05, 3.63) is 71.9 Å². The number of anilines is 3. The van der Waals surface area contributed by atoms with Crippen molar-refractivity contribution in [3.63, 3.8) is 0 Å². The van der Waals surface area contributed by atoms with Gasteiger partial charge in [-0.15, -0.1) is 0 Å². The van der Waals surface area contributed by atoms with Crippen molar-refractivity contribution in [2.75, 3.05) is 30.0 Å². The van der Waals surface area contributed by atoms with Gasteiger partial charge < -0.3 is 24.8 Å². The van der Waals surface area contributed by atoms with Crippen LogP contribution in [0.25, 0.3) is 0 Å². The van der Waals surface area contributed by atoms with Crippen molar-refractivity contribution in [1.82, 2.24) is 4.98 Å². The molecule has 1 aromatic heterocycles. The Balaban J connectivity index is 1.50. The molecule has 3 aromatic rings. The number of pyridine rings is 1. The van der Waals surface area contributed by atoms with Crippen molar-refractivity contribution < 1.29 is 19.4 Å². The fourth-order valence-corrected chi connectivity index (χ4v) is 3.52. The van der Waals surface area contributed by atoms with E-state index in [-0.39, 0.29) is 12.5 Å². The van der Waals surface area contributed by atoms with Crippen LogP contribution in [0.4, 0.5) is 17.2 Å². The van der Waals surface area contributed by atoms with Crippen LogP contribution < -0.4 is 19.7 Å². The zero-order valence-electron chi connectivity index (χ0n) is 19.0. The molecule has 0 bridgehead atoms. The lowest BCUT2D eigenvalue weighted by Crippen LogP contribution is -2.30. The number of aromatic nitrogens is 1. The van der Waals surface area contributed by atoms with Crippen LogP contribution in [-0.4, -0.2) is 35.8 Å². The van der Waals surface area contributed by atoms with E-state index < -0.39 is 0 Å². The second kappa shape index (κ2) is 10.4. The van der Waals surface area contributed by atoms with E-state index in [1.165, 1.54) is 0 Å². The molecular formula is C26H29N3O4. The van der Waals surface area contributed by atoms with E-state index in [1.807, 2.05) is 53.4 Å². The number of aliphatic hydroxyl groups excluding tert-OH is 1. The number of aliphatic hydroxyl groups is 1. The van der Waals surface area contributed by atoms with E-state index in [2.05, 4.69) is 24.1 Å². The molecule has 4 rings (SSSR count). The molecule has 1 atom stereocenters. The molecule has 172 valence electrons. The average Bonchev–Trinajstić information content (AvgIpc) is 2.87. The van der Waals surface area contributed by atoms with E-state index >= 15 is 0 Å².